The molecule has 0 saturated carbocycles. The number of rotatable bonds is 4. The highest BCUT2D eigenvalue weighted by Gasteiger charge is 2.51. The average molecular weight is 832 g/mol. The molecule has 0 unspecified atom stereocenters. The Hall–Kier alpha value is -7.24. The van der Waals surface area contributed by atoms with Gasteiger partial charge in [0.2, 0.25) is 35.0 Å². The molecule has 56 heavy (non-hydrogen) atoms. The van der Waals surface area contributed by atoms with Gasteiger partial charge in [0.15, 0.2) is 34.2 Å². The summed E-state index contributed by atoms with van der Waals surface area (Å²) in [4.78, 5) is 32.2. The van der Waals surface area contributed by atoms with Gasteiger partial charge in [-0.15, -0.1) is 0 Å². The standard InChI is InChI=1S/C26H6F6N8O14S2/c27-25(28,29)55(41,42)53-23-13-21-37-9(3-49-21)17-33-7(1-45-17)15-35-11(5-47-15)19-39-14(24(51-19)54-56(43,44)26(30,31)32)22-38-10(4-50-22)18-34-8(2-46-18)16-36-12(6-48-16)20(40-13)52-23/h1-6H. The third kappa shape index (κ3) is 5.73. The van der Waals surface area contributed by atoms with Gasteiger partial charge in [-0.1, -0.05) is 0 Å². The number of aromatic nitrogens is 8. The zero-order valence-electron chi connectivity index (χ0n) is 25.8. The summed E-state index contributed by atoms with van der Waals surface area (Å²) in [5, 5.41) is 0. The first-order valence-electron chi connectivity index (χ1n) is 14.2. The van der Waals surface area contributed by atoms with Crippen LogP contribution in [0, 0.1) is 0 Å². The summed E-state index contributed by atoms with van der Waals surface area (Å²) in [5.41, 5.74) is -15.0. The second kappa shape index (κ2) is 11.6. The Balaban J connectivity index is 1.19. The quantitative estimate of drug-likeness (QED) is 0.117. The van der Waals surface area contributed by atoms with Gasteiger partial charge < -0.3 is 43.7 Å². The van der Waals surface area contributed by atoms with E-state index in [0.29, 0.717) is 0 Å². The second-order valence-corrected chi connectivity index (χ2v) is 13.6. The first-order chi connectivity index (χ1) is 26.4. The van der Waals surface area contributed by atoms with Crippen molar-refractivity contribution in [1.82, 2.24) is 39.9 Å². The van der Waals surface area contributed by atoms with E-state index in [0.717, 1.165) is 37.6 Å². The summed E-state index contributed by atoms with van der Waals surface area (Å²) < 4.78 is 178. The molecule has 0 amide bonds. The van der Waals surface area contributed by atoms with Crippen LogP contribution in [-0.2, 0) is 20.2 Å². The molecule has 16 bridgehead atoms. The lowest BCUT2D eigenvalue weighted by Gasteiger charge is -2.06. The SMILES string of the molecule is O=S(=O)(Oc1oc2nc1-c1nc(co1)-c1nc(co1)-c1nc(co1)-c1nc(c(OS(=O)(=O)C(F)(F)F)o1)-c1nc(co1)-c1nc(co1)-c1nc-2co1)C(F)(F)F. The summed E-state index contributed by atoms with van der Waals surface area (Å²) in [5.74, 6) is -6.76. The van der Waals surface area contributed by atoms with Crippen LogP contribution >= 0.6 is 0 Å². The zero-order chi connectivity index (χ0) is 39.4. The summed E-state index contributed by atoms with van der Waals surface area (Å²) in [6.07, 6.45) is 5.43. The second-order valence-electron chi connectivity index (χ2n) is 10.5. The predicted molar refractivity (Wildman–Crippen MR) is 155 cm³/mol. The van der Waals surface area contributed by atoms with E-state index in [2.05, 4.69) is 48.2 Å². The van der Waals surface area contributed by atoms with Gasteiger partial charge in [-0.05, 0) is 0 Å². The number of hydrogen-bond acceptors (Lipinski definition) is 22. The van der Waals surface area contributed by atoms with Gasteiger partial charge in [0.25, 0.3) is 23.6 Å². The summed E-state index contributed by atoms with van der Waals surface area (Å²) >= 11 is 0. The number of nitrogens with zero attached hydrogens (tertiary/aromatic N) is 8. The molecule has 22 nitrogen and oxygen atoms in total. The maximum Gasteiger partial charge on any atom is 0.534 e. The molecule has 0 aromatic carbocycles. The molecule has 0 aliphatic carbocycles. The van der Waals surface area contributed by atoms with Crippen LogP contribution in [0.2, 0.25) is 0 Å². The number of hydrogen-bond donors (Lipinski definition) is 0. The lowest BCUT2D eigenvalue weighted by Crippen LogP contribution is -2.28. The van der Waals surface area contributed by atoms with Gasteiger partial charge in [0.05, 0.1) is 0 Å². The molecule has 30 heteroatoms. The van der Waals surface area contributed by atoms with Gasteiger partial charge in [0.1, 0.15) is 37.6 Å². The van der Waals surface area contributed by atoms with E-state index in [9.17, 15) is 43.2 Å². The van der Waals surface area contributed by atoms with Crippen molar-refractivity contribution in [3.63, 3.8) is 0 Å². The van der Waals surface area contributed by atoms with E-state index < -0.39 is 78.1 Å². The minimum Gasteiger partial charge on any atom is -0.442 e. The first-order valence-corrected chi connectivity index (χ1v) is 17.0. The Bertz CT molecular complexity index is 2830. The molecule has 1 aliphatic rings. The van der Waals surface area contributed by atoms with Gasteiger partial charge >= 0.3 is 43.1 Å². The predicted octanol–water partition coefficient (Wildman–Crippen LogP) is 5.70. The maximum atomic E-state index is 13.3. The van der Waals surface area contributed by atoms with Gasteiger partial charge in [-0.2, -0.15) is 53.1 Å². The van der Waals surface area contributed by atoms with Crippen LogP contribution in [0.15, 0.2) is 72.9 Å². The Morgan fingerprint density at radius 2 is 0.643 bits per heavy atom. The normalized spacial score (nSPS) is 13.1. The van der Waals surface area contributed by atoms with Crippen LogP contribution in [0.5, 0.6) is 11.9 Å². The van der Waals surface area contributed by atoms with Crippen LogP contribution in [-0.4, -0.2) is 67.7 Å². The highest BCUT2D eigenvalue weighted by Crippen LogP contribution is 2.41. The van der Waals surface area contributed by atoms with Crippen molar-refractivity contribution in [1.29, 1.82) is 0 Å². The highest BCUT2D eigenvalue weighted by molar-refractivity contribution is 7.88. The minimum absolute atomic E-state index is 0.179. The Morgan fingerprint density at radius 1 is 0.393 bits per heavy atom. The molecule has 0 spiro atoms. The van der Waals surface area contributed by atoms with Crippen molar-refractivity contribution in [2.45, 2.75) is 11.0 Å². The molecule has 8 aromatic rings. The molecular weight excluding hydrogens is 826 g/mol. The van der Waals surface area contributed by atoms with E-state index in [1.807, 2.05) is 0 Å². The number of halogens is 6. The monoisotopic (exact) mass is 832 g/mol. The van der Waals surface area contributed by atoms with E-state index in [4.69, 9.17) is 35.3 Å². The molecule has 1 aliphatic heterocycles. The fourth-order valence-corrected chi connectivity index (χ4v) is 5.24. The van der Waals surface area contributed by atoms with Gasteiger partial charge in [-0.3, -0.25) is 0 Å². The van der Waals surface area contributed by atoms with Crippen molar-refractivity contribution in [2.24, 2.45) is 0 Å². The van der Waals surface area contributed by atoms with Crippen molar-refractivity contribution in [3.05, 3.63) is 37.6 Å². The minimum atomic E-state index is -6.33. The highest BCUT2D eigenvalue weighted by atomic mass is 32.2. The molecule has 9 heterocycles. The van der Waals surface area contributed by atoms with Crippen LogP contribution in [0.4, 0.5) is 26.3 Å². The molecule has 0 fully saturated rings. The van der Waals surface area contributed by atoms with Crippen LogP contribution in [0.3, 0.4) is 0 Å². The molecular formula is C26H6F6N8O14S2. The smallest absolute Gasteiger partial charge is 0.442 e. The zero-order valence-corrected chi connectivity index (χ0v) is 27.5. The number of fused-ring (bicyclic) bond motifs is 24. The lowest BCUT2D eigenvalue weighted by atomic mass is 10.4. The van der Waals surface area contributed by atoms with Crippen molar-refractivity contribution >= 4 is 20.2 Å². The Kier molecular flexibility index (Phi) is 7.17. The maximum absolute atomic E-state index is 13.3. The third-order valence-electron chi connectivity index (χ3n) is 6.87. The summed E-state index contributed by atoms with van der Waals surface area (Å²) in [7, 11) is -12.7. The first kappa shape index (κ1) is 34.5. The third-order valence-corrected chi connectivity index (χ3v) is 8.75. The fourth-order valence-electron chi connectivity index (χ4n) is 4.43. The molecule has 8 aromatic heterocycles. The van der Waals surface area contributed by atoms with E-state index in [-0.39, 0.29) is 57.7 Å². The van der Waals surface area contributed by atoms with Crippen LogP contribution < -0.4 is 8.37 Å². The van der Waals surface area contributed by atoms with E-state index >= 15 is 0 Å². The molecule has 0 N–H and O–H groups in total. The van der Waals surface area contributed by atoms with E-state index in [1.165, 1.54) is 0 Å². The molecule has 288 valence electrons. The number of alkyl halides is 6. The van der Waals surface area contributed by atoms with Crippen molar-refractivity contribution in [3.8, 4) is 105 Å². The Labute approximate surface area is 300 Å². The Morgan fingerprint density at radius 3 is 0.929 bits per heavy atom. The number of oxazole rings is 8. The van der Waals surface area contributed by atoms with Crippen LogP contribution in [0.25, 0.3) is 92.7 Å². The van der Waals surface area contributed by atoms with Crippen LogP contribution in [0.1, 0.15) is 0 Å². The largest absolute Gasteiger partial charge is 0.534 e. The summed E-state index contributed by atoms with van der Waals surface area (Å²) in [6, 6.07) is 0. The molecule has 0 atom stereocenters. The molecule has 0 radical (unpaired) electrons. The summed E-state index contributed by atoms with van der Waals surface area (Å²) in [6.45, 7) is 0. The van der Waals surface area contributed by atoms with Crippen molar-refractivity contribution in [2.75, 3.05) is 0 Å². The average Bonchev–Trinajstić information content (AvgIpc) is 3.96. The fraction of sp³-hybridized carbons (Fsp3) is 0.0769. The van der Waals surface area contributed by atoms with Gasteiger partial charge in [0, 0.05) is 0 Å². The molecule has 9 rings (SSSR count). The van der Waals surface area contributed by atoms with Gasteiger partial charge in [-0.25, -0.2) is 29.9 Å². The van der Waals surface area contributed by atoms with E-state index in [1.54, 1.807) is 0 Å². The lowest BCUT2D eigenvalue weighted by molar-refractivity contribution is -0.0510. The van der Waals surface area contributed by atoms with Crippen molar-refractivity contribution < 1.29 is 86.9 Å². The topological polar surface area (TPSA) is 295 Å². The molecule has 0 saturated heterocycles.